The lowest BCUT2D eigenvalue weighted by Crippen LogP contribution is -2.15. The van der Waals surface area contributed by atoms with E-state index in [9.17, 15) is 12.6 Å². The molecular weight excluding hydrogens is 270 g/mol. The zero-order valence-corrected chi connectivity index (χ0v) is 12.3. The average Bonchev–Trinajstić information content (AvgIpc) is 2.27. The molecule has 0 radical (unpaired) electrons. The highest BCUT2D eigenvalue weighted by Crippen LogP contribution is 2.14. The third kappa shape index (κ3) is 4.88. The summed E-state index contributed by atoms with van der Waals surface area (Å²) in [4.78, 5) is 0.908. The Morgan fingerprint density at radius 3 is 2.28 bits per heavy atom. The normalized spacial score (nSPS) is 15.3. The minimum absolute atomic E-state index is 0.120. The maximum Gasteiger partial charge on any atom is 0.175 e. The largest absolute Gasteiger partial charge is 0.328 e. The van der Waals surface area contributed by atoms with E-state index in [2.05, 4.69) is 0 Å². The Balaban J connectivity index is 2.65. The van der Waals surface area contributed by atoms with Gasteiger partial charge in [-0.15, -0.1) is 0 Å². The van der Waals surface area contributed by atoms with Crippen LogP contribution >= 0.6 is 0 Å². The molecule has 102 valence electrons. The van der Waals surface area contributed by atoms with E-state index in [-0.39, 0.29) is 10.9 Å². The van der Waals surface area contributed by atoms with Gasteiger partial charge in [0.15, 0.2) is 9.84 Å². The molecule has 18 heavy (non-hydrogen) atoms. The van der Waals surface area contributed by atoms with Crippen molar-refractivity contribution in [2.24, 2.45) is 5.73 Å². The summed E-state index contributed by atoms with van der Waals surface area (Å²) in [6, 6.07) is 6.33. The van der Waals surface area contributed by atoms with Crippen molar-refractivity contribution in [1.82, 2.24) is 0 Å². The summed E-state index contributed by atoms with van der Waals surface area (Å²) < 4.78 is 34.5. The highest BCUT2D eigenvalue weighted by atomic mass is 32.2. The van der Waals surface area contributed by atoms with Crippen molar-refractivity contribution < 1.29 is 12.6 Å². The molecule has 1 rings (SSSR count). The Morgan fingerprint density at radius 2 is 1.83 bits per heavy atom. The van der Waals surface area contributed by atoms with E-state index in [1.807, 2.05) is 6.92 Å². The Labute approximate surface area is 111 Å². The van der Waals surface area contributed by atoms with Gasteiger partial charge < -0.3 is 5.73 Å². The lowest BCUT2D eigenvalue weighted by Gasteiger charge is -2.05. The number of nitrogens with two attached hydrogens (primary N) is 1. The van der Waals surface area contributed by atoms with Gasteiger partial charge in [-0.05, 0) is 44.0 Å². The minimum atomic E-state index is -3.19. The van der Waals surface area contributed by atoms with E-state index >= 15 is 0 Å². The molecule has 1 aromatic rings. The number of rotatable bonds is 6. The van der Waals surface area contributed by atoms with Crippen LogP contribution in [0.4, 0.5) is 0 Å². The van der Waals surface area contributed by atoms with Crippen molar-refractivity contribution in [2.75, 3.05) is 12.0 Å². The van der Waals surface area contributed by atoms with Crippen LogP contribution in [0.25, 0.3) is 0 Å². The molecule has 0 aromatic heterocycles. The highest BCUT2D eigenvalue weighted by Gasteiger charge is 2.09. The second kappa shape index (κ2) is 6.45. The second-order valence-corrected chi connectivity index (χ2v) is 8.00. The fourth-order valence-electron chi connectivity index (χ4n) is 1.49. The molecule has 0 aliphatic heterocycles. The molecule has 2 atom stereocenters. The van der Waals surface area contributed by atoms with Crippen molar-refractivity contribution in [2.45, 2.75) is 35.6 Å². The second-order valence-electron chi connectivity index (χ2n) is 4.41. The summed E-state index contributed by atoms with van der Waals surface area (Å²) in [5, 5.41) is 0. The van der Waals surface area contributed by atoms with E-state index in [1.165, 1.54) is 12.1 Å². The number of hydrogen-bond donors (Lipinski definition) is 1. The van der Waals surface area contributed by atoms with E-state index in [1.54, 1.807) is 12.1 Å². The van der Waals surface area contributed by atoms with Gasteiger partial charge in [0.25, 0.3) is 0 Å². The van der Waals surface area contributed by atoms with E-state index in [0.717, 1.165) is 19.1 Å². The number of benzene rings is 1. The van der Waals surface area contributed by atoms with Gasteiger partial charge in [0.05, 0.1) is 15.7 Å². The predicted octanol–water partition coefficient (Wildman–Crippen LogP) is 1.33. The van der Waals surface area contributed by atoms with Gasteiger partial charge in [-0.3, -0.25) is 4.21 Å². The third-order valence-electron chi connectivity index (χ3n) is 2.50. The Kier molecular flexibility index (Phi) is 5.49. The molecule has 0 spiro atoms. The first-order valence-electron chi connectivity index (χ1n) is 5.75. The molecule has 0 heterocycles. The van der Waals surface area contributed by atoms with Gasteiger partial charge in [0.2, 0.25) is 0 Å². The first kappa shape index (κ1) is 15.3. The van der Waals surface area contributed by atoms with Crippen LogP contribution < -0.4 is 5.73 Å². The first-order chi connectivity index (χ1) is 8.30. The maximum absolute atomic E-state index is 11.9. The highest BCUT2D eigenvalue weighted by molar-refractivity contribution is 7.90. The molecule has 0 bridgehead atoms. The zero-order chi connectivity index (χ0) is 13.8. The van der Waals surface area contributed by atoms with Crippen LogP contribution in [0.1, 0.15) is 19.8 Å². The summed E-state index contributed by atoms with van der Waals surface area (Å²) in [7, 11) is -4.27. The Morgan fingerprint density at radius 1 is 1.28 bits per heavy atom. The smallest absolute Gasteiger partial charge is 0.175 e. The zero-order valence-electron chi connectivity index (χ0n) is 10.6. The van der Waals surface area contributed by atoms with Gasteiger partial charge in [0, 0.05) is 22.9 Å². The lowest BCUT2D eigenvalue weighted by atomic mass is 10.2. The molecule has 1 aromatic carbocycles. The number of hydrogen-bond acceptors (Lipinski definition) is 4. The Hall–Kier alpha value is -0.720. The summed E-state index contributed by atoms with van der Waals surface area (Å²) in [5.74, 6) is 0.555. The maximum atomic E-state index is 11.9. The van der Waals surface area contributed by atoms with Crippen molar-refractivity contribution in [3.8, 4) is 0 Å². The fraction of sp³-hybridized carbons (Fsp3) is 0.500. The topological polar surface area (TPSA) is 77.2 Å². The van der Waals surface area contributed by atoms with Crippen LogP contribution in [0.15, 0.2) is 34.1 Å². The molecule has 0 amide bonds. The van der Waals surface area contributed by atoms with Crippen LogP contribution in [0.5, 0.6) is 0 Å². The molecular formula is C12H19NO3S2. The molecule has 6 heteroatoms. The van der Waals surface area contributed by atoms with Crippen LogP contribution in [0.2, 0.25) is 0 Å². The molecule has 2 unspecified atom stereocenters. The van der Waals surface area contributed by atoms with Crippen LogP contribution in [-0.2, 0) is 20.6 Å². The molecule has 0 saturated heterocycles. The molecule has 0 saturated carbocycles. The Bertz CT molecular complexity index is 507. The van der Waals surface area contributed by atoms with Crippen LogP contribution in [0, 0.1) is 0 Å². The van der Waals surface area contributed by atoms with E-state index in [4.69, 9.17) is 5.73 Å². The van der Waals surface area contributed by atoms with E-state index in [0.29, 0.717) is 10.6 Å². The van der Waals surface area contributed by atoms with Gasteiger partial charge in [-0.1, -0.05) is 0 Å². The number of sulfone groups is 1. The molecule has 4 nitrogen and oxygen atoms in total. The average molecular weight is 289 g/mol. The van der Waals surface area contributed by atoms with Crippen LogP contribution in [-0.4, -0.2) is 30.7 Å². The van der Waals surface area contributed by atoms with Crippen molar-refractivity contribution in [3.05, 3.63) is 24.3 Å². The van der Waals surface area contributed by atoms with Gasteiger partial charge >= 0.3 is 0 Å². The van der Waals surface area contributed by atoms with Crippen LogP contribution in [0.3, 0.4) is 0 Å². The quantitative estimate of drug-likeness (QED) is 0.857. The molecule has 0 aliphatic rings. The van der Waals surface area contributed by atoms with Crippen molar-refractivity contribution in [1.29, 1.82) is 0 Å². The summed E-state index contributed by atoms with van der Waals surface area (Å²) in [6.45, 7) is 1.92. The van der Waals surface area contributed by atoms with Crippen molar-refractivity contribution in [3.63, 3.8) is 0 Å². The van der Waals surface area contributed by atoms with Gasteiger partial charge in [0.1, 0.15) is 0 Å². The van der Waals surface area contributed by atoms with Crippen molar-refractivity contribution >= 4 is 20.6 Å². The minimum Gasteiger partial charge on any atom is -0.328 e. The third-order valence-corrected chi connectivity index (χ3v) is 5.09. The molecule has 0 aliphatic carbocycles. The summed E-state index contributed by atoms with van der Waals surface area (Å²) in [5.41, 5.74) is 5.62. The standard InChI is InChI=1S/C12H19NO3S2/c1-10(13)4-3-9-17(14)11-5-7-12(8-6-11)18(2,15)16/h5-8,10H,3-4,9,13H2,1-2H3. The van der Waals surface area contributed by atoms with Gasteiger partial charge in [-0.25, -0.2) is 8.42 Å². The summed E-state index contributed by atoms with van der Waals surface area (Å²) in [6.07, 6.45) is 2.80. The monoisotopic (exact) mass is 289 g/mol. The SMILES string of the molecule is CC(N)CCCS(=O)c1ccc(S(C)(=O)=O)cc1. The fourth-order valence-corrected chi connectivity index (χ4v) is 3.23. The first-order valence-corrected chi connectivity index (χ1v) is 8.96. The van der Waals surface area contributed by atoms with E-state index < -0.39 is 20.6 Å². The summed E-state index contributed by atoms with van der Waals surface area (Å²) >= 11 is 0. The van der Waals surface area contributed by atoms with Gasteiger partial charge in [-0.2, -0.15) is 0 Å². The molecule has 2 N–H and O–H groups in total. The predicted molar refractivity (Wildman–Crippen MR) is 73.7 cm³/mol. The lowest BCUT2D eigenvalue weighted by molar-refractivity contribution is 0.601. The molecule has 0 fully saturated rings.